The van der Waals surface area contributed by atoms with Crippen LogP contribution in [-0.2, 0) is 6.42 Å². The molecule has 4 rings (SSSR count). The van der Waals surface area contributed by atoms with E-state index >= 15 is 0 Å². The molecule has 0 radical (unpaired) electrons. The molecule has 4 nitrogen and oxygen atoms in total. The van der Waals surface area contributed by atoms with Crippen molar-refractivity contribution in [2.45, 2.75) is 51.5 Å². The van der Waals surface area contributed by atoms with Crippen LogP contribution >= 0.6 is 0 Å². The predicted molar refractivity (Wildman–Crippen MR) is 117 cm³/mol. The van der Waals surface area contributed by atoms with Crippen LogP contribution in [0.3, 0.4) is 0 Å². The lowest BCUT2D eigenvalue weighted by molar-refractivity contribution is 0.310. The summed E-state index contributed by atoms with van der Waals surface area (Å²) in [5.41, 5.74) is 12.3. The maximum absolute atomic E-state index is 9.09. The van der Waals surface area contributed by atoms with E-state index in [2.05, 4.69) is 43.3 Å². The van der Waals surface area contributed by atoms with Crippen molar-refractivity contribution in [3.8, 4) is 23.0 Å². The van der Waals surface area contributed by atoms with Crippen LogP contribution in [0.4, 0.5) is 0 Å². The zero-order valence-electron chi connectivity index (χ0n) is 17.0. The van der Waals surface area contributed by atoms with Crippen molar-refractivity contribution < 1.29 is 0 Å². The summed E-state index contributed by atoms with van der Waals surface area (Å²) in [4.78, 5) is 0. The van der Waals surface area contributed by atoms with Crippen molar-refractivity contribution in [3.63, 3.8) is 0 Å². The minimum Gasteiger partial charge on any atom is -0.328 e. The fraction of sp³-hybridized carbons (Fsp3) is 0.360. The van der Waals surface area contributed by atoms with Crippen LogP contribution in [0.15, 0.2) is 54.6 Å². The maximum Gasteiger partial charge on any atom is 0.0991 e. The van der Waals surface area contributed by atoms with Crippen LogP contribution in [0.25, 0.3) is 16.9 Å². The molecule has 1 heterocycles. The Hall–Kier alpha value is -2.90. The Kier molecular flexibility index (Phi) is 5.78. The lowest BCUT2D eigenvalue weighted by Crippen LogP contribution is -2.26. The normalized spacial score (nSPS) is 19.1. The Labute approximate surface area is 173 Å². The number of nitrogens with zero attached hydrogens (tertiary/aromatic N) is 3. The first kappa shape index (κ1) is 19.4. The van der Waals surface area contributed by atoms with Crippen LogP contribution in [-0.4, -0.2) is 15.8 Å². The van der Waals surface area contributed by atoms with Crippen molar-refractivity contribution in [1.82, 2.24) is 9.78 Å². The van der Waals surface area contributed by atoms with Crippen LogP contribution in [0, 0.1) is 24.2 Å². The molecule has 0 bridgehead atoms. The molecule has 0 aliphatic heterocycles. The van der Waals surface area contributed by atoms with E-state index in [0.29, 0.717) is 11.6 Å². The predicted octanol–water partition coefficient (Wildman–Crippen LogP) is 5.17. The molecule has 1 aliphatic carbocycles. The second-order valence-corrected chi connectivity index (χ2v) is 8.28. The quantitative estimate of drug-likeness (QED) is 0.660. The molecule has 2 N–H and O–H groups in total. The Morgan fingerprint density at radius 1 is 1.03 bits per heavy atom. The van der Waals surface area contributed by atoms with Gasteiger partial charge in [0.05, 0.1) is 28.7 Å². The summed E-state index contributed by atoms with van der Waals surface area (Å²) >= 11 is 0. The van der Waals surface area contributed by atoms with E-state index in [1.54, 1.807) is 0 Å². The molecule has 1 saturated carbocycles. The topological polar surface area (TPSA) is 67.6 Å². The average molecular weight is 385 g/mol. The molecule has 0 saturated heterocycles. The molecule has 29 heavy (non-hydrogen) atoms. The van der Waals surface area contributed by atoms with Gasteiger partial charge in [0, 0.05) is 11.6 Å². The SMILES string of the molecule is Cc1ccc(-c2cc(CCC3CCC(N)CC3)nn2-c2ccc(C#N)cc2)cc1. The molecule has 0 spiro atoms. The van der Waals surface area contributed by atoms with E-state index in [-0.39, 0.29) is 0 Å². The lowest BCUT2D eigenvalue weighted by atomic mass is 9.83. The lowest BCUT2D eigenvalue weighted by Gasteiger charge is -2.25. The second kappa shape index (κ2) is 8.63. The van der Waals surface area contributed by atoms with E-state index < -0.39 is 0 Å². The number of benzene rings is 2. The Morgan fingerprint density at radius 2 is 1.72 bits per heavy atom. The minimum atomic E-state index is 0.398. The number of hydrogen-bond acceptors (Lipinski definition) is 3. The van der Waals surface area contributed by atoms with Gasteiger partial charge in [-0.3, -0.25) is 0 Å². The first-order valence-corrected chi connectivity index (χ1v) is 10.5. The minimum absolute atomic E-state index is 0.398. The summed E-state index contributed by atoms with van der Waals surface area (Å²) in [6.07, 6.45) is 6.94. The van der Waals surface area contributed by atoms with Gasteiger partial charge in [0.25, 0.3) is 0 Å². The molecule has 1 aromatic heterocycles. The van der Waals surface area contributed by atoms with Gasteiger partial charge in [-0.15, -0.1) is 0 Å². The highest BCUT2D eigenvalue weighted by molar-refractivity contribution is 5.63. The van der Waals surface area contributed by atoms with Gasteiger partial charge in [-0.1, -0.05) is 29.8 Å². The summed E-state index contributed by atoms with van der Waals surface area (Å²) in [6.45, 7) is 2.10. The van der Waals surface area contributed by atoms with Crippen molar-refractivity contribution >= 4 is 0 Å². The zero-order chi connectivity index (χ0) is 20.2. The van der Waals surface area contributed by atoms with E-state index in [1.165, 1.54) is 24.8 Å². The summed E-state index contributed by atoms with van der Waals surface area (Å²) in [5, 5.41) is 14.0. The monoisotopic (exact) mass is 384 g/mol. The fourth-order valence-electron chi connectivity index (χ4n) is 4.19. The van der Waals surface area contributed by atoms with Gasteiger partial charge in [-0.2, -0.15) is 10.4 Å². The Bertz CT molecular complexity index is 985. The molecule has 0 unspecified atom stereocenters. The van der Waals surface area contributed by atoms with Gasteiger partial charge in [0.2, 0.25) is 0 Å². The zero-order valence-corrected chi connectivity index (χ0v) is 17.0. The van der Waals surface area contributed by atoms with Gasteiger partial charge in [-0.05, 0) is 81.7 Å². The first-order chi connectivity index (χ1) is 14.1. The molecular formula is C25H28N4. The number of nitriles is 1. The number of hydrogen-bond donors (Lipinski definition) is 1. The first-order valence-electron chi connectivity index (χ1n) is 10.5. The third-order valence-corrected chi connectivity index (χ3v) is 6.05. The standard InChI is InChI=1S/C25H28N4/c1-18-2-9-21(10-3-18)25-16-23(13-6-19-4-11-22(27)12-5-19)28-29(25)24-14-7-20(17-26)8-15-24/h2-3,7-10,14-16,19,22H,4-6,11-13,27H2,1H3. The molecule has 3 aromatic rings. The average Bonchev–Trinajstić information content (AvgIpc) is 3.18. The van der Waals surface area contributed by atoms with Crippen LogP contribution in [0.5, 0.6) is 0 Å². The number of rotatable bonds is 5. The van der Waals surface area contributed by atoms with E-state index in [4.69, 9.17) is 16.1 Å². The van der Waals surface area contributed by atoms with E-state index in [1.807, 2.05) is 28.9 Å². The summed E-state index contributed by atoms with van der Waals surface area (Å²) < 4.78 is 2.01. The molecule has 2 aromatic carbocycles. The van der Waals surface area contributed by atoms with Gasteiger partial charge in [-0.25, -0.2) is 4.68 Å². The Morgan fingerprint density at radius 3 is 2.38 bits per heavy atom. The summed E-state index contributed by atoms with van der Waals surface area (Å²) in [7, 11) is 0. The van der Waals surface area contributed by atoms with E-state index in [9.17, 15) is 0 Å². The highest BCUT2D eigenvalue weighted by Crippen LogP contribution is 2.29. The van der Waals surface area contributed by atoms with Gasteiger partial charge in [0.15, 0.2) is 0 Å². The molecule has 0 atom stereocenters. The smallest absolute Gasteiger partial charge is 0.0991 e. The molecule has 1 aliphatic rings. The fourth-order valence-corrected chi connectivity index (χ4v) is 4.19. The molecule has 0 amide bonds. The van der Waals surface area contributed by atoms with Crippen LogP contribution in [0.2, 0.25) is 0 Å². The van der Waals surface area contributed by atoms with Gasteiger partial charge < -0.3 is 5.73 Å². The summed E-state index contributed by atoms with van der Waals surface area (Å²) in [6, 6.07) is 21.0. The van der Waals surface area contributed by atoms with Crippen molar-refractivity contribution in [2.24, 2.45) is 11.7 Å². The molecule has 1 fully saturated rings. The third-order valence-electron chi connectivity index (χ3n) is 6.05. The number of aromatic nitrogens is 2. The van der Waals surface area contributed by atoms with Crippen molar-refractivity contribution in [1.29, 1.82) is 5.26 Å². The Balaban J connectivity index is 1.61. The molecule has 4 heteroatoms. The van der Waals surface area contributed by atoms with Crippen LogP contribution < -0.4 is 5.73 Å². The largest absolute Gasteiger partial charge is 0.328 e. The van der Waals surface area contributed by atoms with Gasteiger partial charge in [0.1, 0.15) is 0 Å². The van der Waals surface area contributed by atoms with Crippen molar-refractivity contribution in [2.75, 3.05) is 0 Å². The third kappa shape index (κ3) is 4.58. The number of aryl methyl sites for hydroxylation is 2. The molecular weight excluding hydrogens is 356 g/mol. The van der Waals surface area contributed by atoms with Crippen LogP contribution in [0.1, 0.15) is 48.9 Å². The van der Waals surface area contributed by atoms with Gasteiger partial charge >= 0.3 is 0 Å². The summed E-state index contributed by atoms with van der Waals surface area (Å²) in [5.74, 6) is 0.762. The highest BCUT2D eigenvalue weighted by Gasteiger charge is 2.19. The van der Waals surface area contributed by atoms with E-state index in [0.717, 1.165) is 47.8 Å². The second-order valence-electron chi connectivity index (χ2n) is 8.28. The number of nitrogens with two attached hydrogens (primary N) is 1. The maximum atomic E-state index is 9.09. The highest BCUT2D eigenvalue weighted by atomic mass is 15.3. The van der Waals surface area contributed by atoms with Crippen molar-refractivity contribution in [3.05, 3.63) is 71.4 Å². The molecule has 148 valence electrons.